The summed E-state index contributed by atoms with van der Waals surface area (Å²) in [6, 6.07) is 1.31. The molecule has 1 aromatic heterocycles. The van der Waals surface area contributed by atoms with E-state index in [-0.39, 0.29) is 6.04 Å². The van der Waals surface area contributed by atoms with Gasteiger partial charge in [-0.05, 0) is 12.8 Å². The zero-order chi connectivity index (χ0) is 14.6. The van der Waals surface area contributed by atoms with Gasteiger partial charge < -0.3 is 4.57 Å². The van der Waals surface area contributed by atoms with Crippen LogP contribution >= 0.6 is 0 Å². The van der Waals surface area contributed by atoms with E-state index >= 15 is 0 Å². The quantitative estimate of drug-likeness (QED) is 0.458. The number of fused-ring (bicyclic) bond motifs is 1. The van der Waals surface area contributed by atoms with Gasteiger partial charge in [0, 0.05) is 12.2 Å². The highest BCUT2D eigenvalue weighted by molar-refractivity contribution is 5.82. The minimum atomic E-state index is -2.05. The molecular weight excluding hydrogens is 276 g/mol. The summed E-state index contributed by atoms with van der Waals surface area (Å²) in [5.41, 5.74) is -2.21. The van der Waals surface area contributed by atoms with Crippen LogP contribution in [0, 0.1) is 34.6 Å². The van der Waals surface area contributed by atoms with Crippen molar-refractivity contribution in [2.24, 2.45) is 0 Å². The maximum atomic E-state index is 13.9. The Morgan fingerprint density at radius 1 is 1.10 bits per heavy atom. The summed E-state index contributed by atoms with van der Waals surface area (Å²) in [5, 5.41) is 7.92. The largest absolute Gasteiger partial charge is 0.340 e. The van der Waals surface area contributed by atoms with E-state index in [1.807, 2.05) is 0 Å². The van der Waals surface area contributed by atoms with E-state index in [0.29, 0.717) is 12.8 Å². The number of hydrogen-bond acceptors (Lipinski definition) is 2. The zero-order valence-corrected chi connectivity index (χ0v) is 9.88. The normalized spacial score (nSPS) is 14.6. The van der Waals surface area contributed by atoms with E-state index < -0.39 is 45.2 Å². The van der Waals surface area contributed by atoms with Gasteiger partial charge in [-0.2, -0.15) is 5.26 Å². The molecule has 0 N–H and O–H groups in total. The van der Waals surface area contributed by atoms with Crippen molar-refractivity contribution in [3.05, 3.63) is 45.3 Å². The molecule has 1 aromatic carbocycles. The Morgan fingerprint density at radius 2 is 1.70 bits per heavy atom. The number of pyridine rings is 1. The Balaban J connectivity index is 2.61. The van der Waals surface area contributed by atoms with Crippen LogP contribution in [-0.2, 0) is 0 Å². The van der Waals surface area contributed by atoms with Gasteiger partial charge in [-0.15, -0.1) is 0 Å². The Kier molecular flexibility index (Phi) is 2.57. The van der Waals surface area contributed by atoms with Crippen LogP contribution in [0.1, 0.15) is 24.4 Å². The van der Waals surface area contributed by atoms with Crippen LogP contribution in [-0.4, -0.2) is 4.57 Å². The molecule has 3 nitrogen and oxygen atoms in total. The van der Waals surface area contributed by atoms with Crippen LogP contribution in [0.5, 0.6) is 0 Å². The first kappa shape index (κ1) is 12.7. The molecule has 2 aromatic rings. The van der Waals surface area contributed by atoms with E-state index in [0.717, 1.165) is 10.8 Å². The van der Waals surface area contributed by atoms with Crippen molar-refractivity contribution >= 4 is 10.9 Å². The molecule has 7 heteroatoms. The van der Waals surface area contributed by atoms with Crippen LogP contribution in [0.25, 0.3) is 10.9 Å². The lowest BCUT2D eigenvalue weighted by Gasteiger charge is -2.12. The standard InChI is InChI=1S/C13H6F4N2O/c14-8-7-12(11(17)10(16)9(8)15)19(6-1-2-6)4-5(3-18)13(7)20/h4,6H,1-2H2. The van der Waals surface area contributed by atoms with E-state index in [1.165, 1.54) is 0 Å². The minimum absolute atomic E-state index is 0.246. The number of nitriles is 1. The van der Waals surface area contributed by atoms with Crippen molar-refractivity contribution in [3.63, 3.8) is 0 Å². The Bertz CT molecular complexity index is 847. The number of hydrogen-bond donors (Lipinski definition) is 0. The van der Waals surface area contributed by atoms with Gasteiger partial charge in [-0.25, -0.2) is 17.6 Å². The third-order valence-corrected chi connectivity index (χ3v) is 3.30. The number of aromatic nitrogens is 1. The van der Waals surface area contributed by atoms with Crippen molar-refractivity contribution in [3.8, 4) is 6.07 Å². The molecule has 1 heterocycles. The number of nitrogens with zero attached hydrogens (tertiary/aromatic N) is 2. The summed E-state index contributed by atoms with van der Waals surface area (Å²) in [5.74, 6) is -7.40. The second-order valence-electron chi connectivity index (χ2n) is 4.60. The maximum Gasteiger partial charge on any atom is 0.210 e. The van der Waals surface area contributed by atoms with E-state index in [1.54, 1.807) is 6.07 Å². The molecule has 0 bridgehead atoms. The van der Waals surface area contributed by atoms with E-state index in [4.69, 9.17) is 5.26 Å². The fourth-order valence-corrected chi connectivity index (χ4v) is 2.19. The molecule has 0 atom stereocenters. The molecule has 0 amide bonds. The second kappa shape index (κ2) is 4.07. The van der Waals surface area contributed by atoms with Crippen LogP contribution in [0.15, 0.2) is 11.0 Å². The predicted octanol–water partition coefficient (Wildman–Crippen LogP) is 2.76. The summed E-state index contributed by atoms with van der Waals surface area (Å²) in [6.07, 6.45) is 2.31. The van der Waals surface area contributed by atoms with E-state index in [9.17, 15) is 22.4 Å². The van der Waals surface area contributed by atoms with Crippen LogP contribution < -0.4 is 5.43 Å². The van der Waals surface area contributed by atoms with Crippen molar-refractivity contribution in [2.75, 3.05) is 0 Å². The molecule has 1 saturated carbocycles. The molecule has 0 spiro atoms. The van der Waals surface area contributed by atoms with Crippen molar-refractivity contribution in [1.29, 1.82) is 5.26 Å². The predicted molar refractivity (Wildman–Crippen MR) is 61.0 cm³/mol. The first-order valence-corrected chi connectivity index (χ1v) is 5.78. The topological polar surface area (TPSA) is 45.8 Å². The summed E-state index contributed by atoms with van der Waals surface area (Å²) in [4.78, 5) is 11.9. The lowest BCUT2D eigenvalue weighted by molar-refractivity contribution is 0.415. The van der Waals surface area contributed by atoms with Gasteiger partial charge in [0.15, 0.2) is 23.3 Å². The van der Waals surface area contributed by atoms with Gasteiger partial charge in [0.25, 0.3) is 0 Å². The Hall–Kier alpha value is -2.36. The van der Waals surface area contributed by atoms with Crippen molar-refractivity contribution in [1.82, 2.24) is 4.57 Å². The molecule has 102 valence electrons. The van der Waals surface area contributed by atoms with Crippen LogP contribution in [0.2, 0.25) is 0 Å². The molecule has 3 rings (SSSR count). The third kappa shape index (κ3) is 1.54. The number of halogens is 4. The lowest BCUT2D eigenvalue weighted by Crippen LogP contribution is -2.17. The second-order valence-corrected chi connectivity index (χ2v) is 4.60. The SMILES string of the molecule is N#Cc1cn(C2CC2)c2c(F)c(F)c(F)c(F)c2c1=O. The Morgan fingerprint density at radius 3 is 2.25 bits per heavy atom. The molecule has 20 heavy (non-hydrogen) atoms. The van der Waals surface area contributed by atoms with Gasteiger partial charge in [0.1, 0.15) is 11.6 Å². The van der Waals surface area contributed by atoms with Gasteiger partial charge >= 0.3 is 0 Å². The average Bonchev–Trinajstić information content (AvgIpc) is 3.26. The Labute approximate surface area is 109 Å². The monoisotopic (exact) mass is 282 g/mol. The number of rotatable bonds is 1. The van der Waals surface area contributed by atoms with Crippen molar-refractivity contribution in [2.45, 2.75) is 18.9 Å². The molecule has 0 unspecified atom stereocenters. The highest BCUT2D eigenvalue weighted by atomic mass is 19.2. The summed E-state index contributed by atoms with van der Waals surface area (Å²) >= 11 is 0. The molecule has 0 radical (unpaired) electrons. The maximum absolute atomic E-state index is 13.9. The average molecular weight is 282 g/mol. The van der Waals surface area contributed by atoms with Gasteiger partial charge in [-0.1, -0.05) is 0 Å². The van der Waals surface area contributed by atoms with Crippen molar-refractivity contribution < 1.29 is 17.6 Å². The summed E-state index contributed by atoms with van der Waals surface area (Å²) in [7, 11) is 0. The summed E-state index contributed by atoms with van der Waals surface area (Å²) in [6.45, 7) is 0. The first-order chi connectivity index (χ1) is 9.47. The summed E-state index contributed by atoms with van der Waals surface area (Å²) < 4.78 is 55.4. The van der Waals surface area contributed by atoms with E-state index in [2.05, 4.69) is 0 Å². The van der Waals surface area contributed by atoms with Gasteiger partial charge in [0.05, 0.1) is 10.9 Å². The molecule has 1 aliphatic rings. The van der Waals surface area contributed by atoms with Crippen LogP contribution in [0.4, 0.5) is 17.6 Å². The van der Waals surface area contributed by atoms with Crippen LogP contribution in [0.3, 0.4) is 0 Å². The molecular formula is C13H6F4N2O. The third-order valence-electron chi connectivity index (χ3n) is 3.30. The lowest BCUT2D eigenvalue weighted by atomic mass is 10.1. The number of benzene rings is 1. The smallest absolute Gasteiger partial charge is 0.210 e. The van der Waals surface area contributed by atoms with Gasteiger partial charge in [-0.3, -0.25) is 4.79 Å². The van der Waals surface area contributed by atoms with Gasteiger partial charge in [0.2, 0.25) is 5.43 Å². The molecule has 0 aliphatic heterocycles. The molecule has 1 aliphatic carbocycles. The minimum Gasteiger partial charge on any atom is -0.340 e. The highest BCUT2D eigenvalue weighted by Gasteiger charge is 2.31. The highest BCUT2D eigenvalue weighted by Crippen LogP contribution is 2.38. The fourth-order valence-electron chi connectivity index (χ4n) is 2.19. The molecule has 1 fully saturated rings. The molecule has 0 saturated heterocycles. The zero-order valence-electron chi connectivity index (χ0n) is 9.88. The fraction of sp³-hybridized carbons (Fsp3) is 0.231. The first-order valence-electron chi connectivity index (χ1n) is 5.78.